The minimum atomic E-state index is -0.0611. The van der Waals surface area contributed by atoms with E-state index in [1.165, 1.54) is 17.4 Å². The van der Waals surface area contributed by atoms with Gasteiger partial charge < -0.3 is 10.1 Å². The standard InChI is InChI=1S/C16H16N3O2S/c1-9(2)17-16-19-14(8-22-16)13-7-15(20)11-5-4-10(21-3)6-12(11)18-13/h4-9H,1-3H3,(H,17,19). The molecule has 5 nitrogen and oxygen atoms in total. The zero-order valence-electron chi connectivity index (χ0n) is 12.6. The number of fused-ring (bicyclic) bond motifs is 1. The summed E-state index contributed by atoms with van der Waals surface area (Å²) >= 11 is 1.50. The van der Waals surface area contributed by atoms with Gasteiger partial charge in [0, 0.05) is 28.9 Å². The van der Waals surface area contributed by atoms with Crippen molar-refractivity contribution in [1.29, 1.82) is 0 Å². The molecule has 6 heteroatoms. The molecule has 22 heavy (non-hydrogen) atoms. The highest BCUT2D eigenvalue weighted by atomic mass is 32.1. The zero-order valence-corrected chi connectivity index (χ0v) is 13.4. The van der Waals surface area contributed by atoms with E-state index in [4.69, 9.17) is 4.74 Å². The van der Waals surface area contributed by atoms with Crippen molar-refractivity contribution in [1.82, 2.24) is 9.97 Å². The molecule has 3 rings (SSSR count). The predicted molar refractivity (Wildman–Crippen MR) is 88.3 cm³/mol. The van der Waals surface area contributed by atoms with Crippen molar-refractivity contribution >= 4 is 27.4 Å². The second-order valence-corrected chi connectivity index (χ2v) is 6.08. The number of hydrogen-bond acceptors (Lipinski definition) is 5. The third-order valence-corrected chi connectivity index (χ3v) is 3.93. The third kappa shape index (κ3) is 2.82. The first kappa shape index (κ1) is 14.6. The van der Waals surface area contributed by atoms with Gasteiger partial charge in [-0.1, -0.05) is 0 Å². The quantitative estimate of drug-likeness (QED) is 0.778. The fraction of sp³-hybridized carbons (Fsp3) is 0.250. The molecule has 1 N–H and O–H groups in total. The third-order valence-electron chi connectivity index (χ3n) is 3.16. The van der Waals surface area contributed by atoms with Crippen LogP contribution < -0.4 is 10.1 Å². The number of nitrogens with zero attached hydrogens (tertiary/aromatic N) is 2. The Morgan fingerprint density at radius 1 is 1.18 bits per heavy atom. The maximum absolute atomic E-state index is 12.2. The van der Waals surface area contributed by atoms with Gasteiger partial charge in [0.1, 0.15) is 11.4 Å². The number of nitrogens with one attached hydrogen (secondary N) is 1. The van der Waals surface area contributed by atoms with Gasteiger partial charge in [0.05, 0.1) is 18.3 Å². The molecule has 0 bridgehead atoms. The molecule has 2 aromatic heterocycles. The van der Waals surface area contributed by atoms with Crippen molar-refractivity contribution in [2.24, 2.45) is 0 Å². The smallest absolute Gasteiger partial charge is 0.190 e. The Morgan fingerprint density at radius 2 is 2.00 bits per heavy atom. The Morgan fingerprint density at radius 3 is 2.73 bits per heavy atom. The summed E-state index contributed by atoms with van der Waals surface area (Å²) in [5.74, 6) is 0.617. The van der Waals surface area contributed by atoms with E-state index in [-0.39, 0.29) is 5.75 Å². The first-order chi connectivity index (χ1) is 10.6. The van der Waals surface area contributed by atoms with Crippen LogP contribution >= 0.6 is 11.3 Å². The summed E-state index contributed by atoms with van der Waals surface area (Å²) in [4.78, 5) is 9.03. The molecule has 0 aliphatic rings. The van der Waals surface area contributed by atoms with Crippen LogP contribution in [0.25, 0.3) is 22.3 Å². The molecule has 3 aromatic rings. The highest BCUT2D eigenvalue weighted by Crippen LogP contribution is 2.32. The number of ether oxygens (including phenoxy) is 1. The Labute approximate surface area is 132 Å². The normalized spacial score (nSPS) is 11.1. The molecule has 1 radical (unpaired) electrons. The fourth-order valence-electron chi connectivity index (χ4n) is 2.14. The van der Waals surface area contributed by atoms with Crippen LogP contribution in [0.15, 0.2) is 29.6 Å². The summed E-state index contributed by atoms with van der Waals surface area (Å²) in [6.07, 6.45) is 0. The summed E-state index contributed by atoms with van der Waals surface area (Å²) in [7, 11) is 1.59. The molecule has 0 saturated heterocycles. The van der Waals surface area contributed by atoms with E-state index in [0.29, 0.717) is 34.1 Å². The van der Waals surface area contributed by atoms with Gasteiger partial charge >= 0.3 is 0 Å². The van der Waals surface area contributed by atoms with Crippen molar-refractivity contribution in [3.05, 3.63) is 29.6 Å². The van der Waals surface area contributed by atoms with Crippen molar-refractivity contribution in [3.63, 3.8) is 0 Å². The lowest BCUT2D eigenvalue weighted by molar-refractivity contribution is 0.360. The zero-order chi connectivity index (χ0) is 15.7. The summed E-state index contributed by atoms with van der Waals surface area (Å²) < 4.78 is 5.19. The van der Waals surface area contributed by atoms with Gasteiger partial charge in [0.2, 0.25) is 0 Å². The van der Waals surface area contributed by atoms with Crippen LogP contribution in [0.1, 0.15) is 13.8 Å². The number of benzene rings is 1. The van der Waals surface area contributed by atoms with E-state index in [2.05, 4.69) is 29.1 Å². The van der Waals surface area contributed by atoms with Crippen molar-refractivity contribution in [2.45, 2.75) is 19.9 Å². The van der Waals surface area contributed by atoms with Gasteiger partial charge in [0.15, 0.2) is 10.9 Å². The van der Waals surface area contributed by atoms with Crippen LogP contribution in [0.3, 0.4) is 0 Å². The number of hydrogen-bond donors (Lipinski definition) is 1. The number of pyridine rings is 1. The summed E-state index contributed by atoms with van der Waals surface area (Å²) in [5.41, 5.74) is 1.90. The van der Waals surface area contributed by atoms with Crippen molar-refractivity contribution in [3.8, 4) is 22.9 Å². The number of thiazole rings is 1. The van der Waals surface area contributed by atoms with Crippen molar-refractivity contribution < 1.29 is 9.84 Å². The lowest BCUT2D eigenvalue weighted by Crippen LogP contribution is -2.09. The van der Waals surface area contributed by atoms with Crippen LogP contribution in [0.5, 0.6) is 11.5 Å². The molecule has 0 unspecified atom stereocenters. The molecule has 0 fully saturated rings. The topological polar surface area (TPSA) is 66.9 Å². The molecular weight excluding hydrogens is 298 g/mol. The predicted octanol–water partition coefficient (Wildman–Crippen LogP) is 4.33. The number of methoxy groups -OCH3 is 1. The monoisotopic (exact) mass is 314 g/mol. The van der Waals surface area contributed by atoms with E-state index < -0.39 is 0 Å². The summed E-state index contributed by atoms with van der Waals surface area (Å²) in [5, 5.41) is 18.8. The number of aromatic nitrogens is 2. The van der Waals surface area contributed by atoms with Crippen LogP contribution in [-0.2, 0) is 5.11 Å². The minimum Gasteiger partial charge on any atom is -0.497 e. The van der Waals surface area contributed by atoms with E-state index in [9.17, 15) is 5.11 Å². The lowest BCUT2D eigenvalue weighted by atomic mass is 10.1. The Hall–Kier alpha value is -2.34. The molecule has 0 aliphatic heterocycles. The Kier molecular flexibility index (Phi) is 3.85. The second kappa shape index (κ2) is 5.81. The van der Waals surface area contributed by atoms with Gasteiger partial charge in [0.25, 0.3) is 0 Å². The van der Waals surface area contributed by atoms with E-state index in [1.54, 1.807) is 25.3 Å². The molecule has 0 atom stereocenters. The Bertz CT molecular complexity index is 814. The lowest BCUT2D eigenvalue weighted by Gasteiger charge is -2.05. The largest absolute Gasteiger partial charge is 0.497 e. The number of anilines is 1. The highest BCUT2D eigenvalue weighted by molar-refractivity contribution is 7.14. The van der Waals surface area contributed by atoms with E-state index in [1.807, 2.05) is 5.38 Å². The molecule has 0 saturated carbocycles. The maximum Gasteiger partial charge on any atom is 0.190 e. The van der Waals surface area contributed by atoms with E-state index >= 15 is 0 Å². The van der Waals surface area contributed by atoms with Crippen LogP contribution in [0.2, 0.25) is 0 Å². The first-order valence-electron chi connectivity index (χ1n) is 6.95. The molecule has 2 heterocycles. The fourth-order valence-corrected chi connectivity index (χ4v) is 2.99. The molecule has 0 aliphatic carbocycles. The Balaban J connectivity index is 2.05. The summed E-state index contributed by atoms with van der Waals surface area (Å²) in [6, 6.07) is 7.10. The van der Waals surface area contributed by atoms with Crippen LogP contribution in [0.4, 0.5) is 5.13 Å². The first-order valence-corrected chi connectivity index (χ1v) is 7.83. The molecule has 1 aromatic carbocycles. The van der Waals surface area contributed by atoms with E-state index in [0.717, 1.165) is 5.13 Å². The second-order valence-electron chi connectivity index (χ2n) is 5.23. The van der Waals surface area contributed by atoms with Crippen LogP contribution in [0, 0.1) is 0 Å². The molecule has 0 amide bonds. The van der Waals surface area contributed by atoms with Gasteiger partial charge in [-0.3, -0.25) is 5.11 Å². The average Bonchev–Trinajstić information content (AvgIpc) is 2.94. The minimum absolute atomic E-state index is 0.0611. The van der Waals surface area contributed by atoms with Crippen LogP contribution in [-0.4, -0.2) is 23.1 Å². The molecular formula is C16H16N3O2S. The highest BCUT2D eigenvalue weighted by Gasteiger charge is 2.12. The van der Waals surface area contributed by atoms with Crippen molar-refractivity contribution in [2.75, 3.05) is 12.4 Å². The SMILES string of the molecule is COc1ccc2c([O])cc(-c3csc(NC(C)C)n3)nc2c1. The van der Waals surface area contributed by atoms with Gasteiger partial charge in [-0.25, -0.2) is 9.97 Å². The number of rotatable bonds is 4. The van der Waals surface area contributed by atoms with Gasteiger partial charge in [-0.05, 0) is 26.0 Å². The molecule has 113 valence electrons. The summed E-state index contributed by atoms with van der Waals surface area (Å²) in [6.45, 7) is 4.11. The maximum atomic E-state index is 12.2. The average molecular weight is 314 g/mol. The molecule has 0 spiro atoms. The van der Waals surface area contributed by atoms with Gasteiger partial charge in [-0.2, -0.15) is 0 Å². The van der Waals surface area contributed by atoms with Gasteiger partial charge in [-0.15, -0.1) is 11.3 Å².